The maximum Gasteiger partial charge on any atom is 0.332 e. The Morgan fingerprint density at radius 1 is 1.07 bits per heavy atom. The van der Waals surface area contributed by atoms with Gasteiger partial charge in [0.25, 0.3) is 5.91 Å². The standard InChI is InChI=1S/C28H33N3O9/c1-15(2)12-21(33)40-25-17(4)39-28(37)22(31-26(35)23-24(34)20(30-14-32)10-11-29-23)16(3)38-27(36)19(25)13-18-8-6-5-7-9-18/h5-11,14-17,19,22,25,34H,12-13H2,1-4H3,(H,31,35)(H,29,30,32)/t16-,17+,19-,22+,25+/m1/s1. The van der Waals surface area contributed by atoms with Crippen LogP contribution in [0.4, 0.5) is 5.69 Å². The van der Waals surface area contributed by atoms with Gasteiger partial charge in [-0.25, -0.2) is 9.78 Å². The molecule has 2 aromatic rings. The van der Waals surface area contributed by atoms with Crippen molar-refractivity contribution < 1.29 is 43.3 Å². The maximum absolute atomic E-state index is 13.5. The number of esters is 3. The van der Waals surface area contributed by atoms with E-state index in [0.717, 1.165) is 5.56 Å². The van der Waals surface area contributed by atoms with Crippen molar-refractivity contribution in [1.29, 1.82) is 0 Å². The lowest BCUT2D eigenvalue weighted by Gasteiger charge is -2.29. The summed E-state index contributed by atoms with van der Waals surface area (Å²) in [6.07, 6.45) is -1.74. The molecule has 214 valence electrons. The number of cyclic esters (lactones) is 2. The van der Waals surface area contributed by atoms with Crippen molar-refractivity contribution in [3.63, 3.8) is 0 Å². The predicted octanol–water partition coefficient (Wildman–Crippen LogP) is 2.15. The quantitative estimate of drug-likeness (QED) is 0.237. The maximum atomic E-state index is 13.5. The number of benzene rings is 1. The molecule has 40 heavy (non-hydrogen) atoms. The van der Waals surface area contributed by atoms with E-state index in [1.165, 1.54) is 26.1 Å². The van der Waals surface area contributed by atoms with E-state index in [2.05, 4.69) is 15.6 Å². The number of anilines is 1. The molecule has 1 aliphatic rings. The zero-order chi connectivity index (χ0) is 29.4. The summed E-state index contributed by atoms with van der Waals surface area (Å²) in [6, 6.07) is 8.82. The van der Waals surface area contributed by atoms with Crippen molar-refractivity contribution in [2.45, 2.75) is 64.9 Å². The highest BCUT2D eigenvalue weighted by Crippen LogP contribution is 2.27. The van der Waals surface area contributed by atoms with Gasteiger partial charge in [-0.1, -0.05) is 44.2 Å². The summed E-state index contributed by atoms with van der Waals surface area (Å²) in [4.78, 5) is 66.9. The van der Waals surface area contributed by atoms with E-state index >= 15 is 0 Å². The molecule has 0 radical (unpaired) electrons. The molecule has 12 heteroatoms. The lowest BCUT2D eigenvalue weighted by atomic mass is 9.91. The van der Waals surface area contributed by atoms with Crippen molar-refractivity contribution in [2.75, 3.05) is 5.32 Å². The van der Waals surface area contributed by atoms with Gasteiger partial charge in [-0.05, 0) is 37.8 Å². The second-order valence-corrected chi connectivity index (χ2v) is 9.90. The zero-order valence-electron chi connectivity index (χ0n) is 22.7. The van der Waals surface area contributed by atoms with Crippen LogP contribution in [0, 0.1) is 11.8 Å². The van der Waals surface area contributed by atoms with Gasteiger partial charge in [-0.3, -0.25) is 19.2 Å². The number of carbonyl (C=O) groups excluding carboxylic acids is 5. The first-order valence-corrected chi connectivity index (χ1v) is 12.8. The van der Waals surface area contributed by atoms with Gasteiger partial charge in [0.2, 0.25) is 6.41 Å². The van der Waals surface area contributed by atoms with Gasteiger partial charge in [0.1, 0.15) is 18.1 Å². The number of pyridine rings is 1. The van der Waals surface area contributed by atoms with E-state index in [9.17, 15) is 29.1 Å². The molecule has 1 fully saturated rings. The number of hydrogen-bond acceptors (Lipinski definition) is 10. The Balaban J connectivity index is 1.92. The summed E-state index contributed by atoms with van der Waals surface area (Å²) in [7, 11) is 0. The van der Waals surface area contributed by atoms with E-state index in [-0.39, 0.29) is 24.4 Å². The number of rotatable bonds is 9. The average Bonchev–Trinajstić information content (AvgIpc) is 2.92. The van der Waals surface area contributed by atoms with E-state index in [4.69, 9.17) is 14.2 Å². The van der Waals surface area contributed by atoms with E-state index < -0.39 is 65.5 Å². The minimum atomic E-state index is -1.50. The molecule has 1 saturated heterocycles. The number of hydrogen-bond donors (Lipinski definition) is 3. The molecule has 0 bridgehead atoms. The summed E-state index contributed by atoms with van der Waals surface area (Å²) < 4.78 is 16.9. The Hall–Kier alpha value is -4.48. The van der Waals surface area contributed by atoms with Gasteiger partial charge in [0, 0.05) is 12.6 Å². The number of ether oxygens (including phenoxy) is 3. The van der Waals surface area contributed by atoms with Crippen LogP contribution in [-0.2, 0) is 39.8 Å². The van der Waals surface area contributed by atoms with E-state index in [1.807, 2.05) is 32.0 Å². The fourth-order valence-corrected chi connectivity index (χ4v) is 4.28. The highest BCUT2D eigenvalue weighted by atomic mass is 16.6. The fourth-order valence-electron chi connectivity index (χ4n) is 4.28. The number of aromatic nitrogens is 1. The van der Waals surface area contributed by atoms with Gasteiger partial charge in [0.15, 0.2) is 23.6 Å². The van der Waals surface area contributed by atoms with Crippen LogP contribution >= 0.6 is 0 Å². The van der Waals surface area contributed by atoms with Crippen LogP contribution in [0.3, 0.4) is 0 Å². The largest absolute Gasteiger partial charge is 0.504 e. The Kier molecular flexibility index (Phi) is 10.2. The molecule has 2 heterocycles. The predicted molar refractivity (Wildman–Crippen MR) is 141 cm³/mol. The van der Waals surface area contributed by atoms with Crippen LogP contribution in [-0.4, -0.2) is 64.7 Å². The summed E-state index contributed by atoms with van der Waals surface area (Å²) >= 11 is 0. The first kappa shape index (κ1) is 30.1. The van der Waals surface area contributed by atoms with Crippen molar-refractivity contribution in [1.82, 2.24) is 10.3 Å². The Morgan fingerprint density at radius 3 is 2.40 bits per heavy atom. The highest BCUT2D eigenvalue weighted by molar-refractivity contribution is 5.99. The first-order chi connectivity index (χ1) is 19.0. The monoisotopic (exact) mass is 555 g/mol. The summed E-state index contributed by atoms with van der Waals surface area (Å²) in [5.41, 5.74) is 0.221. The molecule has 3 N–H and O–H groups in total. The smallest absolute Gasteiger partial charge is 0.332 e. The molecule has 0 unspecified atom stereocenters. The molecule has 5 atom stereocenters. The van der Waals surface area contributed by atoms with Gasteiger partial charge in [-0.15, -0.1) is 0 Å². The minimum absolute atomic E-state index is 0.00825. The Bertz CT molecular complexity index is 1230. The lowest BCUT2D eigenvalue weighted by Crippen LogP contribution is -2.50. The van der Waals surface area contributed by atoms with Crippen molar-refractivity contribution >= 4 is 35.9 Å². The molecule has 0 aliphatic carbocycles. The van der Waals surface area contributed by atoms with Gasteiger partial charge >= 0.3 is 17.9 Å². The Labute approximate surface area is 231 Å². The number of aromatic hydroxyl groups is 1. The normalized spacial score (nSPS) is 23.1. The third-order valence-corrected chi connectivity index (χ3v) is 6.27. The van der Waals surface area contributed by atoms with E-state index in [1.54, 1.807) is 12.1 Å². The summed E-state index contributed by atoms with van der Waals surface area (Å²) in [5, 5.41) is 15.0. The average molecular weight is 556 g/mol. The molecule has 1 aromatic carbocycles. The third-order valence-electron chi connectivity index (χ3n) is 6.27. The van der Waals surface area contributed by atoms with Crippen LogP contribution in [0.5, 0.6) is 5.75 Å². The lowest BCUT2D eigenvalue weighted by molar-refractivity contribution is -0.175. The van der Waals surface area contributed by atoms with E-state index in [0.29, 0.717) is 6.41 Å². The van der Waals surface area contributed by atoms with Crippen LogP contribution < -0.4 is 10.6 Å². The highest BCUT2D eigenvalue weighted by Gasteiger charge is 2.44. The van der Waals surface area contributed by atoms with Gasteiger partial charge in [0.05, 0.1) is 5.69 Å². The molecule has 0 spiro atoms. The molecule has 3 rings (SSSR count). The third kappa shape index (κ3) is 7.55. The van der Waals surface area contributed by atoms with Crippen LogP contribution in [0.25, 0.3) is 0 Å². The minimum Gasteiger partial charge on any atom is -0.504 e. The molecular weight excluding hydrogens is 522 g/mol. The number of nitrogens with zero attached hydrogens (tertiary/aromatic N) is 1. The van der Waals surface area contributed by atoms with Crippen LogP contribution in [0.1, 0.15) is 50.2 Å². The topological polar surface area (TPSA) is 170 Å². The zero-order valence-corrected chi connectivity index (χ0v) is 22.7. The van der Waals surface area contributed by atoms with Crippen molar-refractivity contribution in [3.8, 4) is 5.75 Å². The van der Waals surface area contributed by atoms with Crippen LogP contribution in [0.2, 0.25) is 0 Å². The molecule has 1 aliphatic heterocycles. The first-order valence-electron chi connectivity index (χ1n) is 12.8. The molecule has 12 nitrogen and oxygen atoms in total. The second kappa shape index (κ2) is 13.5. The second-order valence-electron chi connectivity index (χ2n) is 9.90. The van der Waals surface area contributed by atoms with Crippen molar-refractivity contribution in [3.05, 3.63) is 53.9 Å². The number of nitrogens with one attached hydrogen (secondary N) is 2. The van der Waals surface area contributed by atoms with Gasteiger partial charge in [-0.2, -0.15) is 0 Å². The van der Waals surface area contributed by atoms with Crippen LogP contribution in [0.15, 0.2) is 42.6 Å². The number of amides is 2. The summed E-state index contributed by atoms with van der Waals surface area (Å²) in [6.45, 7) is 6.58. The van der Waals surface area contributed by atoms with Crippen molar-refractivity contribution in [2.24, 2.45) is 11.8 Å². The fraction of sp³-hybridized carbons (Fsp3) is 0.429. The molecule has 1 aromatic heterocycles. The molecule has 2 amide bonds. The van der Waals surface area contributed by atoms with Gasteiger partial charge < -0.3 is 30.0 Å². The SMILES string of the molecule is CC(C)CC(=O)O[C@H]1[C@H](C)OC(=O)[C@@H](NC(=O)c2nccc(NC=O)c2O)[C@@H](C)OC(=O)[C@@H]1Cc1ccccc1. The Morgan fingerprint density at radius 2 is 1.75 bits per heavy atom. The summed E-state index contributed by atoms with van der Waals surface area (Å²) in [5.74, 6) is -4.89. The molecular formula is C28H33N3O9. The number of carbonyl (C=O) groups is 5. The molecule has 0 saturated carbocycles.